The summed E-state index contributed by atoms with van der Waals surface area (Å²) < 4.78 is 67.3. The van der Waals surface area contributed by atoms with Gasteiger partial charge in [0.05, 0.1) is 6.07 Å². The maximum absolute atomic E-state index is 14.0. The molecule has 8 nitrogen and oxygen atoms in total. The predicted molar refractivity (Wildman–Crippen MR) is 140 cm³/mol. The third kappa shape index (κ3) is 5.87. The lowest BCUT2D eigenvalue weighted by Crippen LogP contribution is -2.59. The van der Waals surface area contributed by atoms with Crippen LogP contribution in [0.5, 0.6) is 0 Å². The van der Waals surface area contributed by atoms with E-state index in [9.17, 15) is 41.6 Å². The summed E-state index contributed by atoms with van der Waals surface area (Å²) in [5.41, 5.74) is -1.70. The maximum Gasteiger partial charge on any atom is 0.471 e. The van der Waals surface area contributed by atoms with E-state index in [2.05, 4.69) is 16.2 Å². The number of alkyl halides is 5. The first kappa shape index (κ1) is 30.7. The van der Waals surface area contributed by atoms with Gasteiger partial charge < -0.3 is 15.5 Å². The minimum Gasteiger partial charge on any atom is -0.336 e. The molecular formula is C29H28F5N5O3. The molecule has 1 aromatic carbocycles. The Labute approximate surface area is 238 Å². The Bertz CT molecular complexity index is 1510. The number of aromatic nitrogens is 1. The van der Waals surface area contributed by atoms with Crippen LogP contribution < -0.4 is 10.6 Å². The van der Waals surface area contributed by atoms with Gasteiger partial charge in [-0.2, -0.15) is 18.4 Å². The van der Waals surface area contributed by atoms with Crippen LogP contribution in [0.2, 0.25) is 0 Å². The molecule has 1 aliphatic carbocycles. The standard InChI is InChI=1S/C29H28F5N5O3/c1-5-16-7-6-8-17-11-36-12-18(21(16)17)19(10-35)37-23(40)20-9-27(13-28(30,31)14-27)15-39(20)24(41)22(26(2,3)4)38-25(42)29(32,33)34/h1,6-8,11-12,19-20,22H,9,13-15H2,2-4H3,(H,37,40)(H,38,42)/t19?,20?,22-/m1/s1. The molecule has 222 valence electrons. The molecular weight excluding hydrogens is 561 g/mol. The Balaban J connectivity index is 1.68. The molecule has 1 saturated carbocycles. The lowest BCUT2D eigenvalue weighted by atomic mass is 9.65. The second-order valence-corrected chi connectivity index (χ2v) is 12.0. The van der Waals surface area contributed by atoms with Crippen LogP contribution in [-0.2, 0) is 14.4 Å². The van der Waals surface area contributed by atoms with Crippen molar-refractivity contribution >= 4 is 28.5 Å². The van der Waals surface area contributed by atoms with Crippen molar-refractivity contribution in [3.63, 3.8) is 0 Å². The van der Waals surface area contributed by atoms with Gasteiger partial charge in [0.2, 0.25) is 17.7 Å². The molecule has 2 unspecified atom stereocenters. The number of nitriles is 1. The SMILES string of the molecule is C#Cc1cccc2cncc(C(C#N)NC(=O)C3CC4(CN3C(=O)[C@@H](NC(=O)C(F)(F)F)C(C)(C)C)CC(F)(F)C4)c12. The molecule has 2 fully saturated rings. The van der Waals surface area contributed by atoms with Crippen LogP contribution in [0.25, 0.3) is 10.8 Å². The van der Waals surface area contributed by atoms with Gasteiger partial charge in [-0.15, -0.1) is 6.42 Å². The monoisotopic (exact) mass is 589 g/mol. The summed E-state index contributed by atoms with van der Waals surface area (Å²) in [6.07, 6.45) is 1.77. The Morgan fingerprint density at radius 2 is 1.81 bits per heavy atom. The van der Waals surface area contributed by atoms with Crippen molar-refractivity contribution < 1.29 is 36.3 Å². The van der Waals surface area contributed by atoms with E-state index in [1.165, 1.54) is 33.2 Å². The summed E-state index contributed by atoms with van der Waals surface area (Å²) in [7, 11) is 0. The van der Waals surface area contributed by atoms with Gasteiger partial charge in [-0.3, -0.25) is 19.4 Å². The summed E-state index contributed by atoms with van der Waals surface area (Å²) in [4.78, 5) is 44.2. The fraction of sp³-hybridized carbons (Fsp3) is 0.483. The Hall–Kier alpha value is -4.26. The van der Waals surface area contributed by atoms with E-state index in [0.717, 1.165) is 4.90 Å². The van der Waals surface area contributed by atoms with Gasteiger partial charge in [0.15, 0.2) is 0 Å². The summed E-state index contributed by atoms with van der Waals surface area (Å²) in [6, 6.07) is 2.57. The second-order valence-electron chi connectivity index (χ2n) is 12.0. The van der Waals surface area contributed by atoms with Crippen LogP contribution in [0.4, 0.5) is 22.0 Å². The van der Waals surface area contributed by atoms with Gasteiger partial charge in [-0.25, -0.2) is 8.78 Å². The van der Waals surface area contributed by atoms with Crippen molar-refractivity contribution in [1.82, 2.24) is 20.5 Å². The van der Waals surface area contributed by atoms with Crippen molar-refractivity contribution in [2.45, 2.75) is 70.3 Å². The molecule has 3 atom stereocenters. The van der Waals surface area contributed by atoms with Crippen LogP contribution in [-0.4, -0.2) is 58.3 Å². The number of likely N-dealkylation sites (tertiary alicyclic amines) is 1. The third-order valence-corrected chi connectivity index (χ3v) is 7.70. The van der Waals surface area contributed by atoms with E-state index in [1.807, 2.05) is 6.07 Å². The Morgan fingerprint density at radius 1 is 1.14 bits per heavy atom. The summed E-state index contributed by atoms with van der Waals surface area (Å²) in [5, 5.41) is 15.3. The number of pyridine rings is 1. The summed E-state index contributed by atoms with van der Waals surface area (Å²) in [5.74, 6) is -4.75. The highest BCUT2D eigenvalue weighted by Gasteiger charge is 2.63. The van der Waals surface area contributed by atoms with Crippen molar-refractivity contribution in [2.24, 2.45) is 10.8 Å². The molecule has 1 spiro atoms. The van der Waals surface area contributed by atoms with E-state index in [1.54, 1.807) is 23.5 Å². The predicted octanol–water partition coefficient (Wildman–Crippen LogP) is 4.01. The summed E-state index contributed by atoms with van der Waals surface area (Å²) >= 11 is 0. The Kier molecular flexibility index (Phi) is 7.70. The molecule has 2 N–H and O–H groups in total. The average molecular weight is 590 g/mol. The minimum atomic E-state index is -5.29. The average Bonchev–Trinajstić information content (AvgIpc) is 3.27. The number of rotatable bonds is 5. The fourth-order valence-corrected chi connectivity index (χ4v) is 5.87. The number of hydrogen-bond acceptors (Lipinski definition) is 5. The molecule has 1 aromatic heterocycles. The van der Waals surface area contributed by atoms with E-state index in [4.69, 9.17) is 6.42 Å². The zero-order chi connectivity index (χ0) is 31.3. The number of nitrogens with one attached hydrogen (secondary N) is 2. The molecule has 0 bridgehead atoms. The topological polar surface area (TPSA) is 115 Å². The minimum absolute atomic E-state index is 0.203. The molecule has 0 radical (unpaired) electrons. The normalized spacial score (nSPS) is 20.6. The molecule has 2 heterocycles. The molecule has 13 heteroatoms. The van der Waals surface area contributed by atoms with Crippen molar-refractivity contribution in [1.29, 1.82) is 5.26 Å². The smallest absolute Gasteiger partial charge is 0.336 e. The first-order valence-corrected chi connectivity index (χ1v) is 13.0. The van der Waals surface area contributed by atoms with Crippen LogP contribution in [0.3, 0.4) is 0 Å². The Morgan fingerprint density at radius 3 is 2.36 bits per heavy atom. The van der Waals surface area contributed by atoms with Gasteiger partial charge in [0.1, 0.15) is 18.1 Å². The highest BCUT2D eigenvalue weighted by atomic mass is 19.4. The highest BCUT2D eigenvalue weighted by molar-refractivity contribution is 5.95. The first-order valence-electron chi connectivity index (χ1n) is 13.0. The number of carbonyl (C=O) groups excluding carboxylic acids is 3. The number of fused-ring (bicyclic) bond motifs is 1. The number of hydrogen-bond donors (Lipinski definition) is 2. The zero-order valence-electron chi connectivity index (χ0n) is 23.0. The fourth-order valence-electron chi connectivity index (χ4n) is 5.87. The number of nitrogens with zero attached hydrogens (tertiary/aromatic N) is 3. The van der Waals surface area contributed by atoms with Crippen LogP contribution in [0, 0.1) is 34.5 Å². The largest absolute Gasteiger partial charge is 0.471 e. The second kappa shape index (κ2) is 10.5. The van der Waals surface area contributed by atoms with Gasteiger partial charge in [0.25, 0.3) is 0 Å². The molecule has 1 saturated heterocycles. The number of halogens is 5. The maximum atomic E-state index is 14.0. The van der Waals surface area contributed by atoms with E-state index >= 15 is 0 Å². The summed E-state index contributed by atoms with van der Waals surface area (Å²) in [6.45, 7) is 3.94. The van der Waals surface area contributed by atoms with Gasteiger partial charge in [-0.05, 0) is 17.9 Å². The van der Waals surface area contributed by atoms with Crippen LogP contribution >= 0.6 is 0 Å². The molecule has 4 rings (SSSR count). The first-order chi connectivity index (χ1) is 19.4. The number of carbonyl (C=O) groups is 3. The number of amides is 3. The van der Waals surface area contributed by atoms with E-state index in [-0.39, 0.29) is 18.5 Å². The van der Waals surface area contributed by atoms with Gasteiger partial charge in [0, 0.05) is 59.1 Å². The van der Waals surface area contributed by atoms with Gasteiger partial charge >= 0.3 is 12.1 Å². The molecule has 3 amide bonds. The zero-order valence-corrected chi connectivity index (χ0v) is 23.0. The van der Waals surface area contributed by atoms with E-state index in [0.29, 0.717) is 16.3 Å². The lowest BCUT2D eigenvalue weighted by Gasteiger charge is -2.44. The molecule has 2 aliphatic rings. The van der Waals surface area contributed by atoms with Crippen molar-refractivity contribution in [3.8, 4) is 18.4 Å². The van der Waals surface area contributed by atoms with Crippen molar-refractivity contribution in [3.05, 3.63) is 41.7 Å². The third-order valence-electron chi connectivity index (χ3n) is 7.70. The van der Waals surface area contributed by atoms with Gasteiger partial charge in [-0.1, -0.05) is 38.8 Å². The van der Waals surface area contributed by atoms with Crippen LogP contribution in [0.1, 0.15) is 57.2 Å². The van der Waals surface area contributed by atoms with Crippen molar-refractivity contribution in [2.75, 3.05) is 6.54 Å². The molecule has 1 aliphatic heterocycles. The quantitative estimate of drug-likeness (QED) is 0.404. The van der Waals surface area contributed by atoms with Crippen LogP contribution in [0.15, 0.2) is 30.6 Å². The molecule has 2 aromatic rings. The van der Waals surface area contributed by atoms with E-state index < -0.39 is 71.6 Å². The lowest BCUT2D eigenvalue weighted by molar-refractivity contribution is -0.176. The molecule has 42 heavy (non-hydrogen) atoms. The number of benzene rings is 1. The number of terminal acetylenes is 1. The highest BCUT2D eigenvalue weighted by Crippen LogP contribution is 2.58.